The number of ether oxygens (including phenoxy) is 1. The van der Waals surface area contributed by atoms with Crippen LogP contribution < -0.4 is 9.64 Å². The molecule has 0 aromatic heterocycles. The smallest absolute Gasteiger partial charge is 0.243 e. The Kier molecular flexibility index (Phi) is 8.57. The highest BCUT2D eigenvalue weighted by molar-refractivity contribution is 7.89. The molecule has 2 aliphatic rings. The van der Waals surface area contributed by atoms with Gasteiger partial charge in [0.2, 0.25) is 15.9 Å². The van der Waals surface area contributed by atoms with E-state index >= 15 is 0 Å². The molecule has 1 saturated heterocycles. The van der Waals surface area contributed by atoms with Crippen LogP contribution in [-0.2, 0) is 27.8 Å². The summed E-state index contributed by atoms with van der Waals surface area (Å²) in [6.07, 6.45) is 4.02. The summed E-state index contributed by atoms with van der Waals surface area (Å²) in [7, 11) is -2.06. The summed E-state index contributed by atoms with van der Waals surface area (Å²) in [6, 6.07) is 13.1. The van der Waals surface area contributed by atoms with Crippen molar-refractivity contribution in [2.75, 3.05) is 50.6 Å². The lowest BCUT2D eigenvalue weighted by molar-refractivity contribution is -0.131. The monoisotopic (exact) mass is 519 g/mol. The van der Waals surface area contributed by atoms with Gasteiger partial charge in [0, 0.05) is 51.6 Å². The van der Waals surface area contributed by atoms with Crippen molar-refractivity contribution in [2.45, 2.75) is 43.5 Å². The minimum Gasteiger partial charge on any atom is -0.495 e. The maximum Gasteiger partial charge on any atom is 0.243 e. The summed E-state index contributed by atoms with van der Waals surface area (Å²) >= 11 is 5.72. The maximum atomic E-state index is 13.5. The zero-order chi connectivity index (χ0) is 24.8. The van der Waals surface area contributed by atoms with Crippen LogP contribution in [-0.4, -0.2) is 69.2 Å². The van der Waals surface area contributed by atoms with Gasteiger partial charge in [-0.3, -0.25) is 4.79 Å². The molecule has 0 unspecified atom stereocenters. The molecule has 2 aliphatic heterocycles. The topological polar surface area (TPSA) is 70.2 Å². The number of nitrogens with zero attached hydrogens (tertiary/aromatic N) is 3. The highest BCUT2D eigenvalue weighted by Crippen LogP contribution is 2.34. The molecule has 2 aromatic rings. The molecule has 7 nitrogen and oxygen atoms in total. The second kappa shape index (κ2) is 11.6. The quantitative estimate of drug-likeness (QED) is 0.371. The second-order valence-electron chi connectivity index (χ2n) is 9.06. The number of methoxy groups -OCH3 is 1. The summed E-state index contributed by atoms with van der Waals surface area (Å²) in [5.74, 6) is 1.44. The van der Waals surface area contributed by atoms with Gasteiger partial charge in [-0.25, -0.2) is 8.42 Å². The lowest BCUT2D eigenvalue weighted by Crippen LogP contribution is -2.48. The molecule has 0 atom stereocenters. The van der Waals surface area contributed by atoms with Crippen LogP contribution in [0.3, 0.4) is 0 Å². The summed E-state index contributed by atoms with van der Waals surface area (Å²) in [4.78, 5) is 16.8. The van der Waals surface area contributed by atoms with E-state index < -0.39 is 10.0 Å². The Labute approximate surface area is 213 Å². The Morgan fingerprint density at radius 2 is 1.71 bits per heavy atom. The van der Waals surface area contributed by atoms with Gasteiger partial charge in [0.1, 0.15) is 5.75 Å². The molecule has 0 aliphatic carbocycles. The first-order valence-electron chi connectivity index (χ1n) is 12.3. The minimum atomic E-state index is -3.65. The fraction of sp³-hybridized carbons (Fsp3) is 0.500. The van der Waals surface area contributed by atoms with Gasteiger partial charge in [-0.15, -0.1) is 11.6 Å². The number of alkyl halides is 1. The molecule has 0 radical (unpaired) electrons. The van der Waals surface area contributed by atoms with Crippen LogP contribution in [0.1, 0.15) is 36.8 Å². The highest BCUT2D eigenvalue weighted by atomic mass is 35.5. The van der Waals surface area contributed by atoms with E-state index in [1.54, 1.807) is 29.6 Å². The van der Waals surface area contributed by atoms with Crippen LogP contribution in [0.15, 0.2) is 47.4 Å². The van der Waals surface area contributed by atoms with E-state index in [-0.39, 0.29) is 10.8 Å². The fourth-order valence-corrected chi connectivity index (χ4v) is 6.43. The normalized spacial score (nSPS) is 16.7. The fourth-order valence-electron chi connectivity index (χ4n) is 4.80. The number of fused-ring (bicyclic) bond motifs is 1. The first-order chi connectivity index (χ1) is 16.9. The molecule has 1 amide bonds. The standard InChI is InChI=1S/C26H34ClN3O4S/c1-34-25-11-10-23(35(32,33)30-14-12-21-7-4-5-8-22(21)20-30)19-24(25)28-15-17-29(18-16-28)26(31)9-3-2-6-13-27/h4-5,7-8,10-11,19H,2-3,6,9,12-18,20H2,1H3. The molecular formula is C26H34ClN3O4S. The van der Waals surface area contributed by atoms with Crippen molar-refractivity contribution in [1.82, 2.24) is 9.21 Å². The lowest BCUT2D eigenvalue weighted by Gasteiger charge is -2.37. The molecule has 0 bridgehead atoms. The number of rotatable bonds is 9. The third kappa shape index (κ3) is 5.93. The first-order valence-corrected chi connectivity index (χ1v) is 14.2. The van der Waals surface area contributed by atoms with E-state index in [0.29, 0.717) is 63.7 Å². The maximum absolute atomic E-state index is 13.5. The third-order valence-corrected chi connectivity index (χ3v) is 8.99. The van der Waals surface area contributed by atoms with Crippen molar-refractivity contribution < 1.29 is 17.9 Å². The van der Waals surface area contributed by atoms with Crippen LogP contribution >= 0.6 is 11.6 Å². The Morgan fingerprint density at radius 1 is 0.971 bits per heavy atom. The van der Waals surface area contributed by atoms with Gasteiger partial charge in [0.25, 0.3) is 0 Å². The summed E-state index contributed by atoms with van der Waals surface area (Å²) in [5, 5.41) is 0. The van der Waals surface area contributed by atoms with Gasteiger partial charge < -0.3 is 14.5 Å². The van der Waals surface area contributed by atoms with E-state index in [9.17, 15) is 13.2 Å². The average molecular weight is 520 g/mol. The van der Waals surface area contributed by atoms with Gasteiger partial charge in [-0.1, -0.05) is 30.7 Å². The molecule has 2 aromatic carbocycles. The Bertz CT molecular complexity index is 1130. The number of hydrogen-bond acceptors (Lipinski definition) is 5. The minimum absolute atomic E-state index is 0.174. The number of unbranched alkanes of at least 4 members (excludes halogenated alkanes) is 2. The summed E-state index contributed by atoms with van der Waals surface area (Å²) in [5.41, 5.74) is 3.01. The van der Waals surface area contributed by atoms with Crippen molar-refractivity contribution in [1.29, 1.82) is 0 Å². The number of anilines is 1. The number of hydrogen-bond donors (Lipinski definition) is 0. The molecule has 0 saturated carbocycles. The zero-order valence-electron chi connectivity index (χ0n) is 20.3. The van der Waals surface area contributed by atoms with Crippen LogP contribution in [0.4, 0.5) is 5.69 Å². The zero-order valence-corrected chi connectivity index (χ0v) is 21.9. The van der Waals surface area contributed by atoms with Gasteiger partial charge in [-0.2, -0.15) is 4.31 Å². The molecule has 4 rings (SSSR count). The van der Waals surface area contributed by atoms with Crippen molar-refractivity contribution in [2.24, 2.45) is 0 Å². The molecule has 9 heteroatoms. The van der Waals surface area contributed by atoms with Gasteiger partial charge in [0.05, 0.1) is 17.7 Å². The number of carbonyl (C=O) groups is 1. The molecule has 0 N–H and O–H groups in total. The Balaban J connectivity index is 1.45. The largest absolute Gasteiger partial charge is 0.495 e. The van der Waals surface area contributed by atoms with Gasteiger partial charge >= 0.3 is 0 Å². The predicted molar refractivity (Wildman–Crippen MR) is 139 cm³/mol. The summed E-state index contributed by atoms with van der Waals surface area (Å²) in [6.45, 7) is 3.32. The van der Waals surface area contributed by atoms with Gasteiger partial charge in [-0.05, 0) is 48.6 Å². The second-order valence-corrected chi connectivity index (χ2v) is 11.4. The SMILES string of the molecule is COc1ccc(S(=O)(=O)N2CCc3ccccc3C2)cc1N1CCN(C(=O)CCCCCCl)CC1. The van der Waals surface area contributed by atoms with E-state index in [4.69, 9.17) is 16.3 Å². The molecule has 1 fully saturated rings. The van der Waals surface area contributed by atoms with E-state index in [1.807, 2.05) is 23.1 Å². The van der Waals surface area contributed by atoms with Crippen molar-refractivity contribution >= 4 is 33.2 Å². The molecule has 2 heterocycles. The van der Waals surface area contributed by atoms with Crippen LogP contribution in [0.25, 0.3) is 0 Å². The van der Waals surface area contributed by atoms with E-state index in [0.717, 1.165) is 30.5 Å². The van der Waals surface area contributed by atoms with Crippen molar-refractivity contribution in [3.8, 4) is 5.75 Å². The van der Waals surface area contributed by atoms with Crippen LogP contribution in [0.2, 0.25) is 0 Å². The van der Waals surface area contributed by atoms with Crippen molar-refractivity contribution in [3.63, 3.8) is 0 Å². The summed E-state index contributed by atoms with van der Waals surface area (Å²) < 4.78 is 34.2. The highest BCUT2D eigenvalue weighted by Gasteiger charge is 2.30. The van der Waals surface area contributed by atoms with Crippen LogP contribution in [0, 0.1) is 0 Å². The van der Waals surface area contributed by atoms with E-state index in [2.05, 4.69) is 11.0 Å². The molecule has 35 heavy (non-hydrogen) atoms. The molecular weight excluding hydrogens is 486 g/mol. The number of sulfonamides is 1. The Morgan fingerprint density at radius 3 is 2.43 bits per heavy atom. The average Bonchev–Trinajstić information content (AvgIpc) is 2.90. The molecule has 0 spiro atoms. The van der Waals surface area contributed by atoms with Gasteiger partial charge in [0.15, 0.2) is 0 Å². The number of amides is 1. The number of carbonyl (C=O) groups excluding carboxylic acids is 1. The molecule has 190 valence electrons. The van der Waals surface area contributed by atoms with Crippen LogP contribution in [0.5, 0.6) is 5.75 Å². The number of piperazine rings is 1. The van der Waals surface area contributed by atoms with Crippen molar-refractivity contribution in [3.05, 3.63) is 53.6 Å². The van der Waals surface area contributed by atoms with E-state index in [1.165, 1.54) is 5.56 Å². The third-order valence-electron chi connectivity index (χ3n) is 6.88. The number of benzene rings is 2. The first kappa shape index (κ1) is 25.8. The predicted octanol–water partition coefficient (Wildman–Crippen LogP) is 3.89. The Hall–Kier alpha value is -2.29. The number of halogens is 1. The lowest BCUT2D eigenvalue weighted by atomic mass is 10.0.